The van der Waals surface area contributed by atoms with Gasteiger partial charge in [0, 0.05) is 69.8 Å². The third-order valence-electron chi connectivity index (χ3n) is 6.38. The summed E-state index contributed by atoms with van der Waals surface area (Å²) in [6.45, 7) is 4.04. The summed E-state index contributed by atoms with van der Waals surface area (Å²) >= 11 is 5.98. The molecule has 0 atom stereocenters. The van der Waals surface area contributed by atoms with Crippen LogP contribution in [0.1, 0.15) is 18.3 Å². The molecule has 0 spiro atoms. The molecular formula is C34H31ClN8O. The number of aromatic nitrogens is 6. The van der Waals surface area contributed by atoms with E-state index in [2.05, 4.69) is 47.5 Å². The van der Waals surface area contributed by atoms with Crippen LogP contribution in [0.3, 0.4) is 0 Å². The van der Waals surface area contributed by atoms with Gasteiger partial charge < -0.3 is 15.4 Å². The highest BCUT2D eigenvalue weighted by Crippen LogP contribution is 2.23. The minimum Gasteiger partial charge on any atom is -0.497 e. The van der Waals surface area contributed by atoms with Gasteiger partial charge in [0.15, 0.2) is 0 Å². The topological polar surface area (TPSA) is 111 Å². The molecule has 0 unspecified atom stereocenters. The van der Waals surface area contributed by atoms with Crippen molar-refractivity contribution in [2.75, 3.05) is 17.7 Å². The zero-order valence-corrected chi connectivity index (χ0v) is 25.3. The average molecular weight is 603 g/mol. The van der Waals surface area contributed by atoms with E-state index in [1.165, 1.54) is 0 Å². The van der Waals surface area contributed by atoms with E-state index in [9.17, 15) is 0 Å². The number of ether oxygens (including phenoxy) is 1. The number of nitrogens with zero attached hydrogens (tertiary/aromatic N) is 6. The van der Waals surface area contributed by atoms with Crippen molar-refractivity contribution in [3.05, 3.63) is 126 Å². The van der Waals surface area contributed by atoms with Crippen LogP contribution in [0.25, 0.3) is 22.5 Å². The molecule has 2 aromatic carbocycles. The third kappa shape index (κ3) is 8.33. The molecule has 0 amide bonds. The quantitative estimate of drug-likeness (QED) is 0.178. The SMILES string of the molecule is CCc1cc(-c2ccnc(Nc3cccc(Cl)c3)n2)ccn1.COc1cccc(Nc2nccc(-c3ccnc(C)c3)n2)c1. The van der Waals surface area contributed by atoms with E-state index in [1.54, 1.807) is 31.9 Å². The van der Waals surface area contributed by atoms with E-state index >= 15 is 0 Å². The highest BCUT2D eigenvalue weighted by Gasteiger charge is 2.06. The van der Waals surface area contributed by atoms with Gasteiger partial charge in [-0.25, -0.2) is 19.9 Å². The Morgan fingerprint density at radius 2 is 1.25 bits per heavy atom. The Labute approximate surface area is 261 Å². The van der Waals surface area contributed by atoms with Crippen LogP contribution in [0.5, 0.6) is 5.75 Å². The van der Waals surface area contributed by atoms with Crippen LogP contribution in [0.4, 0.5) is 23.3 Å². The second kappa shape index (κ2) is 14.7. The number of pyridine rings is 2. The summed E-state index contributed by atoms with van der Waals surface area (Å²) in [5.74, 6) is 1.86. The van der Waals surface area contributed by atoms with Crippen molar-refractivity contribution < 1.29 is 4.74 Å². The average Bonchev–Trinajstić information content (AvgIpc) is 3.05. The van der Waals surface area contributed by atoms with Crippen LogP contribution in [-0.2, 0) is 6.42 Å². The van der Waals surface area contributed by atoms with Gasteiger partial charge in [0.2, 0.25) is 11.9 Å². The van der Waals surface area contributed by atoms with Gasteiger partial charge in [-0.2, -0.15) is 0 Å². The smallest absolute Gasteiger partial charge is 0.227 e. The molecule has 0 radical (unpaired) electrons. The monoisotopic (exact) mass is 602 g/mol. The number of methoxy groups -OCH3 is 1. The zero-order valence-electron chi connectivity index (χ0n) is 24.6. The molecule has 2 N–H and O–H groups in total. The van der Waals surface area contributed by atoms with Gasteiger partial charge in [-0.1, -0.05) is 30.7 Å². The van der Waals surface area contributed by atoms with E-state index in [4.69, 9.17) is 16.3 Å². The van der Waals surface area contributed by atoms with Gasteiger partial charge in [0.1, 0.15) is 5.75 Å². The van der Waals surface area contributed by atoms with Crippen LogP contribution < -0.4 is 15.4 Å². The first-order valence-corrected chi connectivity index (χ1v) is 14.3. The first-order valence-electron chi connectivity index (χ1n) is 14.0. The van der Waals surface area contributed by atoms with Crippen LogP contribution in [0.2, 0.25) is 5.02 Å². The van der Waals surface area contributed by atoms with Crippen LogP contribution in [0.15, 0.2) is 110 Å². The molecule has 0 aliphatic carbocycles. The van der Waals surface area contributed by atoms with E-state index in [0.717, 1.165) is 57.4 Å². The molecule has 220 valence electrons. The van der Waals surface area contributed by atoms with Gasteiger partial charge in [0.25, 0.3) is 0 Å². The number of halogens is 1. The Balaban J connectivity index is 0.000000175. The van der Waals surface area contributed by atoms with Crippen molar-refractivity contribution in [2.45, 2.75) is 20.3 Å². The largest absolute Gasteiger partial charge is 0.497 e. The van der Waals surface area contributed by atoms with Gasteiger partial charge >= 0.3 is 0 Å². The number of rotatable bonds is 8. The van der Waals surface area contributed by atoms with Crippen molar-refractivity contribution in [3.63, 3.8) is 0 Å². The Morgan fingerprint density at radius 3 is 1.86 bits per heavy atom. The van der Waals surface area contributed by atoms with E-state index in [1.807, 2.05) is 91.9 Å². The van der Waals surface area contributed by atoms with Crippen molar-refractivity contribution in [1.82, 2.24) is 29.9 Å². The Morgan fingerprint density at radius 1 is 0.659 bits per heavy atom. The van der Waals surface area contributed by atoms with Crippen molar-refractivity contribution in [3.8, 4) is 28.3 Å². The predicted octanol–water partition coefficient (Wildman–Crippen LogP) is 8.10. The molecule has 44 heavy (non-hydrogen) atoms. The number of anilines is 4. The standard InChI is InChI=1S/C17H15ClN4.C17H16N4O/c1-2-14-10-12(6-8-19-14)16-7-9-20-17(22-16)21-15-5-3-4-13(18)11-15;1-12-10-13(6-8-18-12)16-7-9-19-17(21-16)20-14-4-3-5-15(11-14)22-2/h3-11H,2H2,1H3,(H,20,21,22);3-11H,1-2H3,(H,19,20,21). The summed E-state index contributed by atoms with van der Waals surface area (Å²) in [5.41, 5.74) is 7.49. The van der Waals surface area contributed by atoms with Crippen molar-refractivity contribution >= 4 is 34.9 Å². The predicted molar refractivity (Wildman–Crippen MR) is 176 cm³/mol. The molecule has 6 rings (SSSR count). The second-order valence-electron chi connectivity index (χ2n) is 9.60. The van der Waals surface area contributed by atoms with Crippen LogP contribution >= 0.6 is 11.6 Å². The zero-order chi connectivity index (χ0) is 30.7. The lowest BCUT2D eigenvalue weighted by molar-refractivity contribution is 0.415. The fraction of sp³-hybridized carbons (Fsp3) is 0.118. The molecule has 0 saturated heterocycles. The number of benzene rings is 2. The summed E-state index contributed by atoms with van der Waals surface area (Å²) in [5, 5.41) is 7.02. The minimum atomic E-state index is 0.537. The molecule has 0 saturated carbocycles. The molecule has 0 bridgehead atoms. The van der Waals surface area contributed by atoms with Crippen LogP contribution in [0, 0.1) is 6.92 Å². The third-order valence-corrected chi connectivity index (χ3v) is 6.62. The lowest BCUT2D eigenvalue weighted by Gasteiger charge is -2.08. The minimum absolute atomic E-state index is 0.537. The van der Waals surface area contributed by atoms with E-state index in [-0.39, 0.29) is 0 Å². The molecule has 6 aromatic rings. The number of nitrogens with one attached hydrogen (secondary N) is 2. The van der Waals surface area contributed by atoms with Gasteiger partial charge in [-0.05, 0) is 80.1 Å². The summed E-state index contributed by atoms with van der Waals surface area (Å²) in [6.07, 6.45) is 7.96. The Bertz CT molecular complexity index is 1850. The summed E-state index contributed by atoms with van der Waals surface area (Å²) in [7, 11) is 1.64. The van der Waals surface area contributed by atoms with Crippen LogP contribution in [-0.4, -0.2) is 37.0 Å². The molecule has 0 aliphatic heterocycles. The Hall–Kier alpha value is -5.41. The van der Waals surface area contributed by atoms with Gasteiger partial charge in [-0.15, -0.1) is 0 Å². The number of hydrogen-bond acceptors (Lipinski definition) is 9. The summed E-state index contributed by atoms with van der Waals surface area (Å²) < 4.78 is 5.21. The molecule has 4 aromatic heterocycles. The number of hydrogen-bond donors (Lipinski definition) is 2. The Kier molecular flexibility index (Phi) is 10.0. The van der Waals surface area contributed by atoms with Crippen molar-refractivity contribution in [2.24, 2.45) is 0 Å². The van der Waals surface area contributed by atoms with Gasteiger partial charge in [-0.3, -0.25) is 9.97 Å². The first kappa shape index (κ1) is 30.1. The molecule has 0 aliphatic rings. The lowest BCUT2D eigenvalue weighted by atomic mass is 10.1. The van der Waals surface area contributed by atoms with E-state index < -0.39 is 0 Å². The first-order chi connectivity index (χ1) is 21.5. The maximum atomic E-state index is 5.98. The molecule has 4 heterocycles. The highest BCUT2D eigenvalue weighted by atomic mass is 35.5. The molecule has 9 nitrogen and oxygen atoms in total. The fourth-order valence-electron chi connectivity index (χ4n) is 4.22. The second-order valence-corrected chi connectivity index (χ2v) is 10.0. The van der Waals surface area contributed by atoms with E-state index in [0.29, 0.717) is 16.9 Å². The number of aryl methyl sites for hydroxylation is 2. The van der Waals surface area contributed by atoms with Gasteiger partial charge in [0.05, 0.1) is 18.5 Å². The summed E-state index contributed by atoms with van der Waals surface area (Å²) in [4.78, 5) is 26.1. The lowest BCUT2D eigenvalue weighted by Crippen LogP contribution is -1.98. The maximum absolute atomic E-state index is 5.98. The normalized spacial score (nSPS) is 10.4. The van der Waals surface area contributed by atoms with Crippen molar-refractivity contribution in [1.29, 1.82) is 0 Å². The summed E-state index contributed by atoms with van der Waals surface area (Å²) in [6, 6.07) is 26.8. The fourth-order valence-corrected chi connectivity index (χ4v) is 4.41. The molecule has 0 fully saturated rings. The molecule has 10 heteroatoms. The maximum Gasteiger partial charge on any atom is 0.227 e. The highest BCUT2D eigenvalue weighted by molar-refractivity contribution is 6.30. The molecular weight excluding hydrogens is 572 g/mol.